The van der Waals surface area contributed by atoms with Crippen LogP contribution in [0.2, 0.25) is 0 Å². The Bertz CT molecular complexity index is 1090. The van der Waals surface area contributed by atoms with Gasteiger partial charge in [-0.05, 0) is 25.1 Å². The molecule has 1 aliphatic rings. The van der Waals surface area contributed by atoms with Crippen LogP contribution in [-0.4, -0.2) is 17.5 Å². The average molecular weight is 367 g/mol. The van der Waals surface area contributed by atoms with Gasteiger partial charge in [-0.1, -0.05) is 66.7 Å². The number of carbonyl (C=O) groups excluding carboxylic acids is 1. The maximum atomic E-state index is 13.0. The predicted octanol–water partition coefficient (Wildman–Crippen LogP) is 4.78. The van der Waals surface area contributed by atoms with Crippen LogP contribution in [0, 0.1) is 11.3 Å². The molecule has 0 aromatic heterocycles. The molecule has 1 amide bonds. The van der Waals surface area contributed by atoms with Crippen LogP contribution in [0.5, 0.6) is 5.75 Å². The summed E-state index contributed by atoms with van der Waals surface area (Å²) in [7, 11) is 0. The Morgan fingerprint density at radius 1 is 0.964 bits per heavy atom. The molecular formula is C23H17N3O2. The minimum Gasteiger partial charge on any atom is -0.410 e. The Labute approximate surface area is 163 Å². The number of anilines is 1. The molecule has 1 aliphatic heterocycles. The van der Waals surface area contributed by atoms with Crippen molar-refractivity contribution >= 4 is 17.5 Å². The molecule has 3 aromatic rings. The number of carbonyl (C=O) groups is 1. The van der Waals surface area contributed by atoms with E-state index in [9.17, 15) is 10.1 Å². The zero-order valence-corrected chi connectivity index (χ0v) is 15.2. The number of rotatable bonds is 2. The first-order valence-corrected chi connectivity index (χ1v) is 8.85. The van der Waals surface area contributed by atoms with Crippen LogP contribution in [0.3, 0.4) is 0 Å². The van der Waals surface area contributed by atoms with Crippen molar-refractivity contribution in [3.63, 3.8) is 0 Å². The number of ether oxygens (including phenoxy) is 1. The molecule has 0 saturated heterocycles. The summed E-state index contributed by atoms with van der Waals surface area (Å²) < 4.78 is 5.52. The van der Waals surface area contributed by atoms with Crippen molar-refractivity contribution in [3.8, 4) is 11.8 Å². The van der Waals surface area contributed by atoms with E-state index in [-0.39, 0.29) is 0 Å². The second-order valence-corrected chi connectivity index (χ2v) is 6.49. The van der Waals surface area contributed by atoms with Crippen LogP contribution in [0.25, 0.3) is 0 Å². The van der Waals surface area contributed by atoms with E-state index >= 15 is 0 Å². The van der Waals surface area contributed by atoms with Crippen LogP contribution >= 0.6 is 0 Å². The van der Waals surface area contributed by atoms with Gasteiger partial charge in [0.25, 0.3) is 0 Å². The predicted molar refractivity (Wildman–Crippen MR) is 107 cm³/mol. The van der Waals surface area contributed by atoms with E-state index in [0.717, 1.165) is 11.1 Å². The van der Waals surface area contributed by atoms with Gasteiger partial charge in [0.2, 0.25) is 5.66 Å². The molecule has 5 heteroatoms. The minimum atomic E-state index is -1.44. The highest BCUT2D eigenvalue weighted by Crippen LogP contribution is 2.36. The van der Waals surface area contributed by atoms with Crippen molar-refractivity contribution in [3.05, 3.63) is 96.1 Å². The minimum absolute atomic E-state index is 0.406. The lowest BCUT2D eigenvalue weighted by molar-refractivity contribution is 0.202. The van der Waals surface area contributed by atoms with Crippen molar-refractivity contribution in [2.24, 2.45) is 4.99 Å². The third-order valence-electron chi connectivity index (χ3n) is 4.55. The Morgan fingerprint density at radius 2 is 1.57 bits per heavy atom. The van der Waals surface area contributed by atoms with Gasteiger partial charge < -0.3 is 4.74 Å². The SMILES string of the molecule is C[C@]1(C#N)N=C(c2ccccc2)c2ccccc2N1C(=O)Oc1ccccc1. The van der Waals surface area contributed by atoms with E-state index in [1.807, 2.05) is 54.6 Å². The normalized spacial score (nSPS) is 17.9. The molecule has 5 nitrogen and oxygen atoms in total. The summed E-state index contributed by atoms with van der Waals surface area (Å²) in [5, 5.41) is 9.92. The van der Waals surface area contributed by atoms with Crippen LogP contribution < -0.4 is 9.64 Å². The van der Waals surface area contributed by atoms with E-state index < -0.39 is 11.8 Å². The molecule has 0 bridgehead atoms. The first-order chi connectivity index (χ1) is 13.6. The summed E-state index contributed by atoms with van der Waals surface area (Å²) in [5.41, 5.74) is 1.47. The van der Waals surface area contributed by atoms with Gasteiger partial charge >= 0.3 is 6.09 Å². The maximum absolute atomic E-state index is 13.0. The summed E-state index contributed by atoms with van der Waals surface area (Å²) >= 11 is 0. The topological polar surface area (TPSA) is 65.7 Å². The number of hydrogen-bond donors (Lipinski definition) is 0. The number of nitrogens with zero attached hydrogens (tertiary/aromatic N) is 3. The standard InChI is InChI=1S/C23H17N3O2/c1-23(16-24)25-21(17-10-4-2-5-11-17)19-14-8-9-15-20(19)26(23)22(27)28-18-12-6-3-7-13-18/h2-15H,1H3/t23-/m0/s1. The Balaban J connectivity index is 1.83. The number of amides is 1. The second-order valence-electron chi connectivity index (χ2n) is 6.49. The molecule has 0 N–H and O–H groups in total. The van der Waals surface area contributed by atoms with Crippen LogP contribution in [0.4, 0.5) is 10.5 Å². The molecule has 28 heavy (non-hydrogen) atoms. The Kier molecular flexibility index (Phi) is 4.38. The number of para-hydroxylation sites is 2. The molecule has 0 saturated carbocycles. The van der Waals surface area contributed by atoms with Gasteiger partial charge in [-0.25, -0.2) is 14.7 Å². The van der Waals surface area contributed by atoms with Crippen molar-refractivity contribution < 1.29 is 9.53 Å². The average Bonchev–Trinajstić information content (AvgIpc) is 2.74. The first-order valence-electron chi connectivity index (χ1n) is 8.85. The highest BCUT2D eigenvalue weighted by atomic mass is 16.6. The van der Waals surface area contributed by atoms with Gasteiger partial charge in [-0.15, -0.1) is 0 Å². The van der Waals surface area contributed by atoms with Crippen LogP contribution in [0.15, 0.2) is 89.9 Å². The number of nitriles is 1. The molecule has 3 aromatic carbocycles. The fourth-order valence-corrected chi connectivity index (χ4v) is 3.23. The molecule has 0 fully saturated rings. The summed E-state index contributed by atoms with van der Waals surface area (Å²) in [6.07, 6.45) is -0.654. The zero-order valence-electron chi connectivity index (χ0n) is 15.2. The molecule has 4 rings (SSSR count). The van der Waals surface area contributed by atoms with Gasteiger partial charge in [0, 0.05) is 11.1 Å². The highest BCUT2D eigenvalue weighted by Gasteiger charge is 2.43. The van der Waals surface area contributed by atoms with Gasteiger partial charge in [-0.3, -0.25) is 0 Å². The fraction of sp³-hybridized carbons (Fsp3) is 0.0870. The van der Waals surface area contributed by atoms with E-state index in [1.54, 1.807) is 37.3 Å². The summed E-state index contributed by atoms with van der Waals surface area (Å²) in [6.45, 7) is 1.61. The number of hydrogen-bond acceptors (Lipinski definition) is 4. The monoisotopic (exact) mass is 367 g/mol. The van der Waals surface area contributed by atoms with Gasteiger partial charge in [0.05, 0.1) is 11.4 Å². The smallest absolute Gasteiger partial charge is 0.410 e. The van der Waals surface area contributed by atoms with Crippen LogP contribution in [-0.2, 0) is 0 Å². The molecule has 0 unspecified atom stereocenters. The molecule has 0 spiro atoms. The quantitative estimate of drug-likeness (QED) is 0.654. The third-order valence-corrected chi connectivity index (χ3v) is 4.55. The molecule has 0 radical (unpaired) electrons. The number of benzene rings is 3. The largest absolute Gasteiger partial charge is 0.422 e. The van der Waals surface area contributed by atoms with E-state index in [0.29, 0.717) is 17.1 Å². The highest BCUT2D eigenvalue weighted by molar-refractivity contribution is 6.19. The van der Waals surface area contributed by atoms with Gasteiger partial charge in [0.15, 0.2) is 0 Å². The third kappa shape index (κ3) is 3.01. The zero-order chi connectivity index (χ0) is 19.6. The molecule has 136 valence electrons. The first kappa shape index (κ1) is 17.5. The summed E-state index contributed by atoms with van der Waals surface area (Å²) in [6, 6.07) is 28.0. The summed E-state index contributed by atoms with van der Waals surface area (Å²) in [5.74, 6) is 0.406. The molecule has 1 atom stereocenters. The van der Waals surface area contributed by atoms with Crippen molar-refractivity contribution in [2.45, 2.75) is 12.6 Å². The lowest BCUT2D eigenvalue weighted by Gasteiger charge is -2.37. The fourth-order valence-electron chi connectivity index (χ4n) is 3.23. The molecule has 0 aliphatic carbocycles. The van der Waals surface area contributed by atoms with E-state index in [1.165, 1.54) is 4.90 Å². The van der Waals surface area contributed by atoms with E-state index in [2.05, 4.69) is 11.1 Å². The van der Waals surface area contributed by atoms with Crippen molar-refractivity contribution in [2.75, 3.05) is 4.90 Å². The lowest BCUT2D eigenvalue weighted by Crippen LogP contribution is -2.52. The van der Waals surface area contributed by atoms with Crippen molar-refractivity contribution in [1.82, 2.24) is 0 Å². The number of fused-ring (bicyclic) bond motifs is 1. The van der Waals surface area contributed by atoms with Crippen molar-refractivity contribution in [1.29, 1.82) is 5.26 Å². The lowest BCUT2D eigenvalue weighted by atomic mass is 9.95. The molecular weight excluding hydrogens is 350 g/mol. The second kappa shape index (κ2) is 7.01. The van der Waals surface area contributed by atoms with Crippen LogP contribution in [0.1, 0.15) is 18.1 Å². The Morgan fingerprint density at radius 3 is 2.25 bits per heavy atom. The number of aliphatic imine (C=N–C) groups is 1. The summed E-state index contributed by atoms with van der Waals surface area (Å²) in [4.78, 5) is 19.0. The van der Waals surface area contributed by atoms with Gasteiger partial charge in [-0.2, -0.15) is 5.26 Å². The Hall–Kier alpha value is -3.91. The van der Waals surface area contributed by atoms with E-state index in [4.69, 9.17) is 4.74 Å². The molecule has 1 heterocycles. The van der Waals surface area contributed by atoms with Gasteiger partial charge in [0.1, 0.15) is 11.8 Å². The maximum Gasteiger partial charge on any atom is 0.422 e.